The zero-order chi connectivity index (χ0) is 7.56. The third-order valence-corrected chi connectivity index (χ3v) is 1.51. The maximum atomic E-state index is 9.00. The van der Waals surface area contributed by atoms with Crippen LogP contribution in [0.4, 0.5) is 0 Å². The van der Waals surface area contributed by atoms with E-state index in [0.717, 1.165) is 0 Å². The molecule has 10 heavy (non-hydrogen) atoms. The molecule has 4 heteroatoms. The van der Waals surface area contributed by atoms with Crippen molar-refractivity contribution in [3.05, 3.63) is 0 Å². The average molecular weight is 143 g/mol. The van der Waals surface area contributed by atoms with Crippen molar-refractivity contribution < 1.29 is 14.9 Å². The fourth-order valence-electron chi connectivity index (χ4n) is 0.860. The van der Waals surface area contributed by atoms with Crippen LogP contribution in [0, 0.1) is 11.3 Å². The zero-order valence-corrected chi connectivity index (χ0v) is 5.40. The molecule has 1 rings (SSSR count). The largest absolute Gasteiger partial charge is 0.390 e. The monoisotopic (exact) mass is 143 g/mol. The van der Waals surface area contributed by atoms with Gasteiger partial charge in [0.05, 0.1) is 18.8 Å². The normalized spacial score (nSPS) is 40.7. The maximum Gasteiger partial charge on any atom is 0.146 e. The summed E-state index contributed by atoms with van der Waals surface area (Å²) in [6, 6.07) is 1.86. The summed E-state index contributed by atoms with van der Waals surface area (Å²) in [6.45, 7) is 0.0550. The maximum absolute atomic E-state index is 9.00. The number of ether oxygens (including phenoxy) is 1. The molecule has 0 saturated carbocycles. The first-order valence-electron chi connectivity index (χ1n) is 3.11. The van der Waals surface area contributed by atoms with E-state index < -0.39 is 18.3 Å². The highest BCUT2D eigenvalue weighted by molar-refractivity contribution is 4.90. The molecule has 1 saturated heterocycles. The van der Waals surface area contributed by atoms with Crippen LogP contribution in [0.25, 0.3) is 0 Å². The van der Waals surface area contributed by atoms with Gasteiger partial charge >= 0.3 is 0 Å². The van der Waals surface area contributed by atoms with Gasteiger partial charge in [0.25, 0.3) is 0 Å². The van der Waals surface area contributed by atoms with Gasteiger partial charge in [-0.05, 0) is 0 Å². The van der Waals surface area contributed by atoms with E-state index in [1.165, 1.54) is 0 Å². The molecule has 0 aliphatic carbocycles. The zero-order valence-electron chi connectivity index (χ0n) is 5.40. The van der Waals surface area contributed by atoms with Crippen LogP contribution in [0.5, 0.6) is 0 Å². The molecular weight excluding hydrogens is 134 g/mol. The van der Waals surface area contributed by atoms with Crippen molar-refractivity contribution in [3.63, 3.8) is 0 Å². The van der Waals surface area contributed by atoms with Crippen LogP contribution in [0.15, 0.2) is 0 Å². The molecule has 2 N–H and O–H groups in total. The SMILES string of the molecule is N#CC1C[C@H](O)[C@H](O)CO1. The molecule has 0 spiro atoms. The van der Waals surface area contributed by atoms with Gasteiger partial charge in [-0.15, -0.1) is 0 Å². The summed E-state index contributed by atoms with van der Waals surface area (Å²) in [5.41, 5.74) is 0. The second-order valence-electron chi connectivity index (χ2n) is 2.32. The van der Waals surface area contributed by atoms with Gasteiger partial charge in [-0.1, -0.05) is 0 Å². The van der Waals surface area contributed by atoms with Crippen molar-refractivity contribution in [2.75, 3.05) is 6.61 Å². The highest BCUT2D eigenvalue weighted by Crippen LogP contribution is 2.12. The number of rotatable bonds is 0. The van der Waals surface area contributed by atoms with Crippen LogP contribution >= 0.6 is 0 Å². The van der Waals surface area contributed by atoms with Crippen molar-refractivity contribution in [2.45, 2.75) is 24.7 Å². The Labute approximate surface area is 58.7 Å². The standard InChI is InChI=1S/C6H9NO3/c7-2-4-1-5(8)6(9)3-10-4/h4-6,8-9H,1,3H2/t4?,5-,6+/m0/s1. The summed E-state index contributed by atoms with van der Waals surface area (Å²) in [6.07, 6.45) is -1.99. The first kappa shape index (κ1) is 7.48. The second-order valence-corrected chi connectivity index (χ2v) is 2.32. The lowest BCUT2D eigenvalue weighted by molar-refractivity contribution is -0.105. The van der Waals surface area contributed by atoms with Crippen LogP contribution in [0.3, 0.4) is 0 Å². The molecule has 1 fully saturated rings. The summed E-state index contributed by atoms with van der Waals surface area (Å²) in [5, 5.41) is 26.2. The van der Waals surface area contributed by atoms with Gasteiger partial charge in [0, 0.05) is 6.42 Å². The van der Waals surface area contributed by atoms with Crippen LogP contribution in [-0.4, -0.2) is 35.1 Å². The topological polar surface area (TPSA) is 73.5 Å². The van der Waals surface area contributed by atoms with E-state index in [1.807, 2.05) is 6.07 Å². The summed E-state index contributed by atoms with van der Waals surface area (Å²) >= 11 is 0. The van der Waals surface area contributed by atoms with Crippen molar-refractivity contribution in [3.8, 4) is 6.07 Å². The minimum Gasteiger partial charge on any atom is -0.390 e. The molecule has 0 bridgehead atoms. The summed E-state index contributed by atoms with van der Waals surface area (Å²) < 4.78 is 4.84. The molecule has 0 aromatic carbocycles. The number of aliphatic hydroxyl groups is 2. The molecule has 0 amide bonds. The van der Waals surface area contributed by atoms with Gasteiger partial charge < -0.3 is 14.9 Å². The van der Waals surface area contributed by atoms with E-state index >= 15 is 0 Å². The molecule has 1 unspecified atom stereocenters. The highest BCUT2D eigenvalue weighted by Gasteiger charge is 2.27. The Morgan fingerprint density at radius 1 is 1.40 bits per heavy atom. The Morgan fingerprint density at radius 3 is 2.60 bits per heavy atom. The lowest BCUT2D eigenvalue weighted by Gasteiger charge is -2.26. The molecular formula is C6H9NO3. The second kappa shape index (κ2) is 2.97. The lowest BCUT2D eigenvalue weighted by atomic mass is 10.1. The molecule has 1 heterocycles. The van der Waals surface area contributed by atoms with Crippen molar-refractivity contribution >= 4 is 0 Å². The van der Waals surface area contributed by atoms with Crippen molar-refractivity contribution in [1.82, 2.24) is 0 Å². The van der Waals surface area contributed by atoms with E-state index in [-0.39, 0.29) is 13.0 Å². The minimum atomic E-state index is -0.829. The quantitative estimate of drug-likeness (QED) is 0.457. The van der Waals surface area contributed by atoms with E-state index in [1.54, 1.807) is 0 Å². The van der Waals surface area contributed by atoms with Gasteiger partial charge in [-0.3, -0.25) is 0 Å². The van der Waals surface area contributed by atoms with Gasteiger partial charge in [0.2, 0.25) is 0 Å². The molecule has 56 valence electrons. The van der Waals surface area contributed by atoms with Crippen LogP contribution in [-0.2, 0) is 4.74 Å². The third-order valence-electron chi connectivity index (χ3n) is 1.51. The smallest absolute Gasteiger partial charge is 0.146 e. The fourth-order valence-corrected chi connectivity index (χ4v) is 0.860. The molecule has 0 radical (unpaired) electrons. The van der Waals surface area contributed by atoms with Gasteiger partial charge in [-0.25, -0.2) is 0 Å². The van der Waals surface area contributed by atoms with Gasteiger partial charge in [0.1, 0.15) is 12.2 Å². The van der Waals surface area contributed by atoms with Gasteiger partial charge in [-0.2, -0.15) is 5.26 Å². The Morgan fingerprint density at radius 2 is 2.10 bits per heavy atom. The molecule has 1 aliphatic rings. The predicted molar refractivity (Wildman–Crippen MR) is 32.0 cm³/mol. The third kappa shape index (κ3) is 1.45. The number of aliphatic hydroxyl groups excluding tert-OH is 2. The molecule has 0 aromatic heterocycles. The highest BCUT2D eigenvalue weighted by atomic mass is 16.5. The first-order valence-corrected chi connectivity index (χ1v) is 3.11. The van der Waals surface area contributed by atoms with E-state index in [9.17, 15) is 0 Å². The number of nitriles is 1. The average Bonchev–Trinajstić information content (AvgIpc) is 1.95. The van der Waals surface area contributed by atoms with Crippen molar-refractivity contribution in [2.24, 2.45) is 0 Å². The number of hydrogen-bond acceptors (Lipinski definition) is 4. The van der Waals surface area contributed by atoms with Crippen LogP contribution in [0.1, 0.15) is 6.42 Å². The molecule has 0 aromatic rings. The number of hydrogen-bond donors (Lipinski definition) is 2. The fraction of sp³-hybridized carbons (Fsp3) is 0.833. The minimum absolute atomic E-state index is 0.0550. The molecule has 4 nitrogen and oxygen atoms in total. The summed E-state index contributed by atoms with van der Waals surface area (Å²) in [7, 11) is 0. The van der Waals surface area contributed by atoms with Crippen LogP contribution < -0.4 is 0 Å². The van der Waals surface area contributed by atoms with E-state index in [4.69, 9.17) is 20.2 Å². The Balaban J connectivity index is 2.42. The Bertz CT molecular complexity index is 154. The van der Waals surface area contributed by atoms with E-state index in [0.29, 0.717) is 0 Å². The summed E-state index contributed by atoms with van der Waals surface area (Å²) in [5.74, 6) is 0. The predicted octanol–water partition coefficient (Wildman–Crippen LogP) is -0.979. The first-order chi connectivity index (χ1) is 4.74. The molecule has 3 atom stereocenters. The lowest BCUT2D eigenvalue weighted by Crippen LogP contribution is -2.40. The van der Waals surface area contributed by atoms with Gasteiger partial charge in [0.15, 0.2) is 0 Å². The number of nitrogens with zero attached hydrogens (tertiary/aromatic N) is 1. The Hall–Kier alpha value is -0.630. The Kier molecular flexibility index (Phi) is 2.22. The van der Waals surface area contributed by atoms with Crippen molar-refractivity contribution in [1.29, 1.82) is 5.26 Å². The summed E-state index contributed by atoms with van der Waals surface area (Å²) in [4.78, 5) is 0. The van der Waals surface area contributed by atoms with Crippen LogP contribution in [0.2, 0.25) is 0 Å². The molecule has 1 aliphatic heterocycles. The van der Waals surface area contributed by atoms with E-state index in [2.05, 4.69) is 0 Å².